The lowest BCUT2D eigenvalue weighted by molar-refractivity contribution is -0.137. The first-order chi connectivity index (χ1) is 15.1. The summed E-state index contributed by atoms with van der Waals surface area (Å²) in [4.78, 5) is 15.5. The number of hydrogen-bond donors (Lipinski definition) is 0. The third kappa shape index (κ3) is 4.97. The second kappa shape index (κ2) is 8.97. The summed E-state index contributed by atoms with van der Waals surface area (Å²) < 4.78 is 70.5. The molecule has 0 radical (unpaired) electrons. The minimum Gasteiger partial charge on any atom is -0.482 e. The third-order valence-electron chi connectivity index (χ3n) is 4.31. The van der Waals surface area contributed by atoms with Crippen LogP contribution in [0.25, 0.3) is 0 Å². The highest BCUT2D eigenvalue weighted by atomic mass is 19.4. The van der Waals surface area contributed by atoms with Crippen molar-refractivity contribution in [1.29, 1.82) is 5.26 Å². The standard InChI is InChI=1S/C21H15F4N3O4/c1-28-19(30-2)9-18(27-20(28)29)31-11-12-3-6-17(16(22)7-12)32-14-5-4-13(10-26)15(8-14)21(23,24)25/h3-9H,11H2,1-2H3. The number of halogens is 4. The molecule has 0 fully saturated rings. The van der Waals surface area contributed by atoms with Crippen molar-refractivity contribution in [3.8, 4) is 29.3 Å². The van der Waals surface area contributed by atoms with Gasteiger partial charge in [0.05, 0.1) is 30.4 Å². The van der Waals surface area contributed by atoms with Gasteiger partial charge in [-0.25, -0.2) is 9.18 Å². The molecule has 11 heteroatoms. The van der Waals surface area contributed by atoms with E-state index >= 15 is 0 Å². The number of benzene rings is 2. The first-order valence-corrected chi connectivity index (χ1v) is 8.95. The Kier molecular flexibility index (Phi) is 6.34. The van der Waals surface area contributed by atoms with E-state index in [0.717, 1.165) is 18.2 Å². The molecule has 3 aromatic rings. The van der Waals surface area contributed by atoms with Gasteiger partial charge in [0.1, 0.15) is 12.4 Å². The van der Waals surface area contributed by atoms with Gasteiger partial charge in [-0.1, -0.05) is 6.07 Å². The Morgan fingerprint density at radius 1 is 1.16 bits per heavy atom. The van der Waals surface area contributed by atoms with Crippen molar-refractivity contribution in [3.63, 3.8) is 0 Å². The highest BCUT2D eigenvalue weighted by Gasteiger charge is 2.34. The second-order valence-electron chi connectivity index (χ2n) is 6.45. The van der Waals surface area contributed by atoms with Crippen LogP contribution in [0.2, 0.25) is 0 Å². The van der Waals surface area contributed by atoms with E-state index in [2.05, 4.69) is 4.98 Å². The maximum absolute atomic E-state index is 14.4. The van der Waals surface area contributed by atoms with Crippen LogP contribution in [0.1, 0.15) is 16.7 Å². The molecule has 3 rings (SSSR count). The number of nitrogens with zero attached hydrogens (tertiary/aromatic N) is 3. The van der Waals surface area contributed by atoms with Crippen molar-refractivity contribution in [1.82, 2.24) is 9.55 Å². The predicted octanol–water partition coefficient (Wildman–Crippen LogP) is 4.19. The Hall–Kier alpha value is -4.07. The molecule has 0 bridgehead atoms. The largest absolute Gasteiger partial charge is 0.482 e. The minimum atomic E-state index is -4.76. The number of methoxy groups -OCH3 is 1. The van der Waals surface area contributed by atoms with Crippen molar-refractivity contribution in [3.05, 3.63) is 75.5 Å². The molecule has 166 valence electrons. The molecule has 0 aliphatic carbocycles. The van der Waals surface area contributed by atoms with Crippen molar-refractivity contribution in [2.75, 3.05) is 7.11 Å². The third-order valence-corrected chi connectivity index (χ3v) is 4.31. The van der Waals surface area contributed by atoms with Gasteiger partial charge in [0, 0.05) is 7.05 Å². The lowest BCUT2D eigenvalue weighted by atomic mass is 10.1. The number of rotatable bonds is 6. The predicted molar refractivity (Wildman–Crippen MR) is 103 cm³/mol. The van der Waals surface area contributed by atoms with Gasteiger partial charge in [0.15, 0.2) is 11.6 Å². The topological polar surface area (TPSA) is 86.4 Å². The number of hydrogen-bond acceptors (Lipinski definition) is 6. The Labute approximate surface area is 179 Å². The number of aromatic nitrogens is 2. The molecule has 1 aromatic heterocycles. The Bertz CT molecular complexity index is 1250. The highest BCUT2D eigenvalue weighted by molar-refractivity contribution is 5.45. The fourth-order valence-electron chi connectivity index (χ4n) is 2.69. The molecule has 7 nitrogen and oxygen atoms in total. The van der Waals surface area contributed by atoms with Gasteiger partial charge < -0.3 is 14.2 Å². The van der Waals surface area contributed by atoms with E-state index in [1.54, 1.807) is 0 Å². The zero-order chi connectivity index (χ0) is 23.5. The van der Waals surface area contributed by atoms with E-state index in [1.807, 2.05) is 0 Å². The molecule has 0 amide bonds. The second-order valence-corrected chi connectivity index (χ2v) is 6.45. The van der Waals surface area contributed by atoms with Gasteiger partial charge >= 0.3 is 11.9 Å². The molecule has 0 spiro atoms. The smallest absolute Gasteiger partial charge is 0.417 e. The molecule has 0 atom stereocenters. The van der Waals surface area contributed by atoms with E-state index < -0.39 is 28.8 Å². The van der Waals surface area contributed by atoms with E-state index in [4.69, 9.17) is 19.5 Å². The van der Waals surface area contributed by atoms with E-state index in [0.29, 0.717) is 11.6 Å². The molecule has 0 unspecified atom stereocenters. The van der Waals surface area contributed by atoms with Crippen LogP contribution in [0.5, 0.6) is 23.3 Å². The molecule has 0 saturated carbocycles. The van der Waals surface area contributed by atoms with Crippen molar-refractivity contribution < 1.29 is 31.8 Å². The van der Waals surface area contributed by atoms with E-state index in [1.165, 1.54) is 43.0 Å². The van der Waals surface area contributed by atoms with Gasteiger partial charge in [-0.3, -0.25) is 4.57 Å². The zero-order valence-corrected chi connectivity index (χ0v) is 16.7. The molecule has 1 heterocycles. The fourth-order valence-corrected chi connectivity index (χ4v) is 2.69. The van der Waals surface area contributed by atoms with Crippen LogP contribution in [0.3, 0.4) is 0 Å². The summed E-state index contributed by atoms with van der Waals surface area (Å²) in [6.07, 6.45) is -4.76. The van der Waals surface area contributed by atoms with Crippen molar-refractivity contribution in [2.45, 2.75) is 12.8 Å². The quantitative estimate of drug-likeness (QED) is 0.525. The lowest BCUT2D eigenvalue weighted by Crippen LogP contribution is -2.21. The van der Waals surface area contributed by atoms with Gasteiger partial charge in [0.2, 0.25) is 11.8 Å². The van der Waals surface area contributed by atoms with Crippen LogP contribution in [0, 0.1) is 17.1 Å². The molecular formula is C21H15F4N3O4. The lowest BCUT2D eigenvalue weighted by Gasteiger charge is -2.13. The van der Waals surface area contributed by atoms with Crippen molar-refractivity contribution in [2.24, 2.45) is 7.05 Å². The monoisotopic (exact) mass is 449 g/mol. The normalized spacial score (nSPS) is 11.0. The van der Waals surface area contributed by atoms with E-state index in [9.17, 15) is 22.4 Å². The summed E-state index contributed by atoms with van der Waals surface area (Å²) in [5, 5.41) is 8.84. The molecular weight excluding hydrogens is 434 g/mol. The van der Waals surface area contributed by atoms with Crippen molar-refractivity contribution >= 4 is 0 Å². The van der Waals surface area contributed by atoms with Gasteiger partial charge in [0.25, 0.3) is 0 Å². The fraction of sp³-hybridized carbons (Fsp3) is 0.190. The maximum atomic E-state index is 14.4. The SMILES string of the molecule is COc1cc(OCc2ccc(Oc3ccc(C#N)c(C(F)(F)F)c3)c(F)c2)nc(=O)n1C. The molecule has 32 heavy (non-hydrogen) atoms. The first kappa shape index (κ1) is 22.6. The molecule has 0 N–H and O–H groups in total. The number of ether oxygens (including phenoxy) is 3. The molecule has 0 aliphatic heterocycles. The average molecular weight is 449 g/mol. The van der Waals surface area contributed by atoms with Gasteiger partial charge in [-0.15, -0.1) is 0 Å². The Balaban J connectivity index is 1.76. The number of nitriles is 1. The van der Waals surface area contributed by atoms with Crippen LogP contribution in [-0.2, 0) is 19.8 Å². The average Bonchev–Trinajstić information content (AvgIpc) is 2.75. The number of alkyl halides is 3. The Morgan fingerprint density at radius 3 is 2.53 bits per heavy atom. The maximum Gasteiger partial charge on any atom is 0.417 e. The summed E-state index contributed by atoms with van der Waals surface area (Å²) in [6.45, 7) is -0.143. The van der Waals surface area contributed by atoms with Gasteiger partial charge in [-0.05, 0) is 35.9 Å². The summed E-state index contributed by atoms with van der Waals surface area (Å²) in [7, 11) is 2.84. The molecule has 2 aromatic carbocycles. The van der Waals surface area contributed by atoms with Crippen LogP contribution >= 0.6 is 0 Å². The van der Waals surface area contributed by atoms with Crippen LogP contribution in [-0.4, -0.2) is 16.7 Å². The first-order valence-electron chi connectivity index (χ1n) is 8.95. The van der Waals surface area contributed by atoms with Gasteiger partial charge in [-0.2, -0.15) is 23.4 Å². The van der Waals surface area contributed by atoms with Crippen LogP contribution in [0.4, 0.5) is 17.6 Å². The van der Waals surface area contributed by atoms with Crippen LogP contribution in [0.15, 0.2) is 47.3 Å². The zero-order valence-electron chi connectivity index (χ0n) is 16.7. The summed E-state index contributed by atoms with van der Waals surface area (Å²) in [5.41, 5.74) is -2.00. The highest BCUT2D eigenvalue weighted by Crippen LogP contribution is 2.35. The molecule has 0 saturated heterocycles. The summed E-state index contributed by atoms with van der Waals surface area (Å²) >= 11 is 0. The summed E-state index contributed by atoms with van der Waals surface area (Å²) in [6, 6.07) is 9.28. The summed E-state index contributed by atoms with van der Waals surface area (Å²) in [5.74, 6) is -1.26. The minimum absolute atomic E-state index is 0.0250. The molecule has 0 aliphatic rings. The Morgan fingerprint density at radius 2 is 1.91 bits per heavy atom. The van der Waals surface area contributed by atoms with Crippen LogP contribution < -0.4 is 19.9 Å². The van der Waals surface area contributed by atoms with E-state index in [-0.39, 0.29) is 29.9 Å².